The van der Waals surface area contributed by atoms with Crippen LogP contribution in [0.25, 0.3) is 22.0 Å². The maximum atomic E-state index is 13.5. The smallest absolute Gasteiger partial charge is 0.255 e. The number of fused-ring (bicyclic) bond motifs is 1. The summed E-state index contributed by atoms with van der Waals surface area (Å²) in [6.45, 7) is 0.950. The Balaban J connectivity index is 1.29. The highest BCUT2D eigenvalue weighted by Crippen LogP contribution is 2.34. The zero-order valence-corrected chi connectivity index (χ0v) is 18.1. The Bertz CT molecular complexity index is 1140. The third kappa shape index (κ3) is 4.73. The van der Waals surface area contributed by atoms with Crippen molar-refractivity contribution in [3.8, 4) is 16.9 Å². The minimum Gasteiger partial charge on any atom is -0.504 e. The van der Waals surface area contributed by atoms with E-state index in [0.717, 1.165) is 48.0 Å². The fourth-order valence-corrected chi connectivity index (χ4v) is 4.94. The topological polar surface area (TPSA) is 74.2 Å². The summed E-state index contributed by atoms with van der Waals surface area (Å²) in [6.07, 6.45) is 6.65. The Morgan fingerprint density at radius 2 is 1.73 bits per heavy atom. The monoisotopic (exact) mass is 457 g/mol. The van der Waals surface area contributed by atoms with Gasteiger partial charge >= 0.3 is 0 Å². The average Bonchev–Trinajstić information content (AvgIpc) is 2.81. The summed E-state index contributed by atoms with van der Waals surface area (Å²) < 4.78 is 40.3. The maximum absolute atomic E-state index is 13.5. The van der Waals surface area contributed by atoms with Crippen LogP contribution in [0, 0.1) is 5.95 Å². The van der Waals surface area contributed by atoms with E-state index in [9.17, 15) is 18.3 Å². The number of halogens is 3. The summed E-state index contributed by atoms with van der Waals surface area (Å²) in [6, 6.07) is 7.57. The van der Waals surface area contributed by atoms with Crippen LogP contribution in [-0.4, -0.2) is 56.1 Å². The number of aromatic hydroxyl groups is 1. The van der Waals surface area contributed by atoms with Gasteiger partial charge in [0.25, 0.3) is 11.9 Å². The molecular weight excluding hydrogens is 431 g/mol. The number of hydrogen-bond donors (Lipinski definition) is 2. The van der Waals surface area contributed by atoms with Gasteiger partial charge in [-0.25, -0.2) is 23.7 Å². The lowest BCUT2D eigenvalue weighted by Crippen LogP contribution is -2.47. The molecule has 2 aliphatic rings. The molecule has 1 aliphatic carbocycles. The van der Waals surface area contributed by atoms with Gasteiger partial charge in [0.2, 0.25) is 0 Å². The van der Waals surface area contributed by atoms with Crippen LogP contribution in [0.3, 0.4) is 0 Å². The zero-order chi connectivity index (χ0) is 23.0. The van der Waals surface area contributed by atoms with Gasteiger partial charge in [0.1, 0.15) is 12.1 Å². The molecule has 6 nitrogen and oxygen atoms in total. The second kappa shape index (κ2) is 8.78. The van der Waals surface area contributed by atoms with Crippen molar-refractivity contribution in [2.45, 2.75) is 56.5 Å². The Labute approximate surface area is 189 Å². The van der Waals surface area contributed by atoms with E-state index >= 15 is 0 Å². The third-order valence-electron chi connectivity index (χ3n) is 6.87. The van der Waals surface area contributed by atoms with E-state index < -0.39 is 17.6 Å². The highest BCUT2D eigenvalue weighted by Gasteiger charge is 2.37. The molecule has 2 fully saturated rings. The molecule has 33 heavy (non-hydrogen) atoms. The lowest BCUT2D eigenvalue weighted by atomic mass is 9.88. The van der Waals surface area contributed by atoms with Crippen LogP contribution in [-0.2, 0) is 0 Å². The average molecular weight is 458 g/mol. The molecular formula is C24H26F3N5O. The summed E-state index contributed by atoms with van der Waals surface area (Å²) in [7, 11) is 0. The number of alkyl halides is 2. The minimum atomic E-state index is -2.51. The summed E-state index contributed by atoms with van der Waals surface area (Å²) in [5.41, 5.74) is 2.14. The van der Waals surface area contributed by atoms with Gasteiger partial charge in [-0.05, 0) is 49.4 Å². The number of hydrogen-bond acceptors (Lipinski definition) is 6. The first-order valence-corrected chi connectivity index (χ1v) is 11.4. The Hall–Kier alpha value is -2.94. The van der Waals surface area contributed by atoms with Crippen molar-refractivity contribution < 1.29 is 18.3 Å². The van der Waals surface area contributed by atoms with Crippen LogP contribution in [0.5, 0.6) is 5.75 Å². The fourth-order valence-electron chi connectivity index (χ4n) is 4.94. The normalized spacial score (nSPS) is 23.5. The molecule has 1 aromatic carbocycles. The lowest BCUT2D eigenvalue weighted by Gasteiger charge is -2.40. The van der Waals surface area contributed by atoms with E-state index in [0.29, 0.717) is 24.7 Å². The van der Waals surface area contributed by atoms with Gasteiger partial charge in [-0.3, -0.25) is 4.90 Å². The van der Waals surface area contributed by atoms with Gasteiger partial charge < -0.3 is 10.4 Å². The van der Waals surface area contributed by atoms with Gasteiger partial charge in [-0.1, -0.05) is 6.07 Å². The van der Waals surface area contributed by atoms with Gasteiger partial charge in [0.05, 0.1) is 5.52 Å². The molecule has 9 heteroatoms. The first kappa shape index (κ1) is 21.9. The number of benzene rings is 1. The zero-order valence-electron chi connectivity index (χ0n) is 18.1. The molecule has 5 rings (SSSR count). The summed E-state index contributed by atoms with van der Waals surface area (Å²) in [5, 5.41) is 14.0. The van der Waals surface area contributed by atoms with Crippen LogP contribution < -0.4 is 5.32 Å². The van der Waals surface area contributed by atoms with Crippen LogP contribution in [0.15, 0.2) is 36.8 Å². The molecule has 0 radical (unpaired) electrons. The predicted octanol–water partition coefficient (Wildman–Crippen LogP) is 4.99. The Kier molecular flexibility index (Phi) is 5.82. The van der Waals surface area contributed by atoms with E-state index in [1.807, 2.05) is 18.2 Å². The van der Waals surface area contributed by atoms with Gasteiger partial charge in [0.15, 0.2) is 5.75 Å². The van der Waals surface area contributed by atoms with E-state index in [1.165, 1.54) is 18.6 Å². The summed E-state index contributed by atoms with van der Waals surface area (Å²) >= 11 is 0. The molecule has 0 spiro atoms. The van der Waals surface area contributed by atoms with Crippen molar-refractivity contribution >= 4 is 16.7 Å². The van der Waals surface area contributed by atoms with E-state index in [2.05, 4.69) is 25.2 Å². The van der Waals surface area contributed by atoms with Crippen molar-refractivity contribution in [3.05, 3.63) is 42.7 Å². The number of piperidine rings is 1. The maximum Gasteiger partial charge on any atom is 0.255 e. The van der Waals surface area contributed by atoms with Crippen LogP contribution in [0.4, 0.5) is 19.0 Å². The molecule has 2 aromatic heterocycles. The molecule has 1 saturated carbocycles. The highest BCUT2D eigenvalue weighted by atomic mass is 19.3. The number of anilines is 1. The molecule has 3 aromatic rings. The van der Waals surface area contributed by atoms with Crippen LogP contribution in [0.2, 0.25) is 0 Å². The molecule has 1 aliphatic heterocycles. The summed E-state index contributed by atoms with van der Waals surface area (Å²) in [4.78, 5) is 14.6. The Morgan fingerprint density at radius 1 is 0.970 bits per heavy atom. The second-order valence-corrected chi connectivity index (χ2v) is 9.03. The molecule has 0 atom stereocenters. The lowest BCUT2D eigenvalue weighted by molar-refractivity contribution is -0.0657. The summed E-state index contributed by atoms with van der Waals surface area (Å²) in [5.74, 6) is -3.18. The van der Waals surface area contributed by atoms with Crippen molar-refractivity contribution in [3.63, 3.8) is 0 Å². The molecule has 0 bridgehead atoms. The SMILES string of the molecule is Oc1cc(-c2ccc3ncnc(NC4CCC(N5CCC(F)(F)CC5)CC4)c3c2)cnc1F. The number of likely N-dealkylation sites (tertiary alicyclic amines) is 1. The fraction of sp³-hybridized carbons (Fsp3) is 0.458. The molecule has 1 saturated heterocycles. The standard InChI is InChI=1S/C24H26F3N5O/c25-22-21(33)12-16(13-28-22)15-1-6-20-19(11-15)23(30-14-29-20)31-17-2-4-18(5-3-17)32-9-7-24(26,27)8-10-32/h1,6,11-14,17-18,33H,2-5,7-10H2,(H,29,30,31). The third-order valence-corrected chi connectivity index (χ3v) is 6.87. The van der Waals surface area contributed by atoms with Crippen LogP contribution in [0.1, 0.15) is 38.5 Å². The molecule has 0 unspecified atom stereocenters. The largest absolute Gasteiger partial charge is 0.504 e. The van der Waals surface area contributed by atoms with Gasteiger partial charge in [-0.15, -0.1) is 0 Å². The predicted molar refractivity (Wildman–Crippen MR) is 120 cm³/mol. The number of nitrogens with zero attached hydrogens (tertiary/aromatic N) is 4. The number of rotatable bonds is 4. The molecule has 0 amide bonds. The number of pyridine rings is 1. The van der Waals surface area contributed by atoms with Crippen molar-refractivity contribution in [2.24, 2.45) is 0 Å². The van der Waals surface area contributed by atoms with E-state index in [-0.39, 0.29) is 18.9 Å². The molecule has 3 heterocycles. The minimum absolute atomic E-state index is 0.0399. The van der Waals surface area contributed by atoms with Crippen molar-refractivity contribution in [1.29, 1.82) is 0 Å². The van der Waals surface area contributed by atoms with Gasteiger partial charge in [0, 0.05) is 55.2 Å². The Morgan fingerprint density at radius 3 is 2.45 bits per heavy atom. The van der Waals surface area contributed by atoms with Crippen LogP contribution >= 0.6 is 0 Å². The number of nitrogens with one attached hydrogen (secondary N) is 1. The molecule has 2 N–H and O–H groups in total. The van der Waals surface area contributed by atoms with Crippen molar-refractivity contribution in [1.82, 2.24) is 19.9 Å². The highest BCUT2D eigenvalue weighted by molar-refractivity contribution is 5.92. The number of aromatic nitrogens is 3. The first-order chi connectivity index (χ1) is 15.9. The van der Waals surface area contributed by atoms with Crippen molar-refractivity contribution in [2.75, 3.05) is 18.4 Å². The molecule has 174 valence electrons. The first-order valence-electron chi connectivity index (χ1n) is 11.4. The van der Waals surface area contributed by atoms with E-state index in [4.69, 9.17) is 0 Å². The quantitative estimate of drug-likeness (QED) is 0.538. The van der Waals surface area contributed by atoms with E-state index in [1.54, 1.807) is 0 Å². The van der Waals surface area contributed by atoms with Gasteiger partial charge in [-0.2, -0.15) is 4.39 Å². The second-order valence-electron chi connectivity index (χ2n) is 9.03.